The van der Waals surface area contributed by atoms with Gasteiger partial charge in [-0.25, -0.2) is 9.37 Å². The van der Waals surface area contributed by atoms with Crippen LogP contribution in [0.2, 0.25) is 5.15 Å². The maximum absolute atomic E-state index is 12.8. The molecular formula is C11H9ClFN. The molecule has 14 heavy (non-hydrogen) atoms. The zero-order valence-electron chi connectivity index (χ0n) is 7.50. The zero-order chi connectivity index (χ0) is 10.6. The molecule has 0 radical (unpaired) electrons. The second-order valence-corrected chi connectivity index (χ2v) is 2.89. The summed E-state index contributed by atoms with van der Waals surface area (Å²) < 4.78 is 12.8. The number of halogens is 2. The third-order valence-electron chi connectivity index (χ3n) is 1.62. The number of rotatable bonds is 3. The van der Waals surface area contributed by atoms with E-state index in [9.17, 15) is 4.39 Å². The van der Waals surface area contributed by atoms with Crippen LogP contribution < -0.4 is 0 Å². The van der Waals surface area contributed by atoms with Gasteiger partial charge >= 0.3 is 0 Å². The first kappa shape index (κ1) is 10.7. The molecule has 0 aromatic carbocycles. The average Bonchev–Trinajstić information content (AvgIpc) is 2.19. The van der Waals surface area contributed by atoms with E-state index in [0.717, 1.165) is 5.57 Å². The fourth-order valence-corrected chi connectivity index (χ4v) is 1.12. The molecule has 0 aliphatic carbocycles. The minimum atomic E-state index is -0.530. The standard InChI is InChI=1S/C11H9ClFN/c1-3-5-8(4-2)10-7-6-9(13)11(12)14-10/h3-7H,1-2H2/b8-5+. The highest BCUT2D eigenvalue weighted by Crippen LogP contribution is 2.18. The van der Waals surface area contributed by atoms with E-state index in [4.69, 9.17) is 11.6 Å². The van der Waals surface area contributed by atoms with Gasteiger partial charge in [0.1, 0.15) is 0 Å². The van der Waals surface area contributed by atoms with E-state index in [1.54, 1.807) is 18.2 Å². The molecule has 1 nitrogen and oxygen atoms in total. The quantitative estimate of drug-likeness (QED) is 0.547. The van der Waals surface area contributed by atoms with Gasteiger partial charge in [-0.05, 0) is 17.7 Å². The summed E-state index contributed by atoms with van der Waals surface area (Å²) in [6.45, 7) is 7.17. The maximum Gasteiger partial charge on any atom is 0.165 e. The molecule has 0 aliphatic heterocycles. The lowest BCUT2D eigenvalue weighted by Crippen LogP contribution is -1.89. The molecule has 0 saturated heterocycles. The van der Waals surface area contributed by atoms with Gasteiger partial charge in [-0.15, -0.1) is 0 Å². The van der Waals surface area contributed by atoms with Crippen molar-refractivity contribution in [2.75, 3.05) is 0 Å². The maximum atomic E-state index is 12.8. The summed E-state index contributed by atoms with van der Waals surface area (Å²) in [5.74, 6) is -0.530. The Balaban J connectivity index is 3.18. The van der Waals surface area contributed by atoms with Gasteiger partial charge < -0.3 is 0 Å². The van der Waals surface area contributed by atoms with E-state index in [0.29, 0.717) is 5.69 Å². The first-order chi connectivity index (χ1) is 6.69. The summed E-state index contributed by atoms with van der Waals surface area (Å²) in [4.78, 5) is 3.87. The van der Waals surface area contributed by atoms with Gasteiger partial charge in [0, 0.05) is 0 Å². The molecule has 0 amide bonds. The van der Waals surface area contributed by atoms with E-state index in [-0.39, 0.29) is 5.15 Å². The van der Waals surface area contributed by atoms with Crippen LogP contribution in [0.25, 0.3) is 5.57 Å². The minimum Gasteiger partial charge on any atom is -0.233 e. The summed E-state index contributed by atoms with van der Waals surface area (Å²) in [6.07, 6.45) is 4.94. The van der Waals surface area contributed by atoms with Crippen LogP contribution in [0.5, 0.6) is 0 Å². The summed E-state index contributed by atoms with van der Waals surface area (Å²) >= 11 is 5.54. The summed E-state index contributed by atoms with van der Waals surface area (Å²) in [7, 11) is 0. The van der Waals surface area contributed by atoms with Gasteiger partial charge in [-0.1, -0.05) is 43.0 Å². The number of allylic oxidation sites excluding steroid dienone is 4. The lowest BCUT2D eigenvalue weighted by molar-refractivity contribution is 0.621. The van der Waals surface area contributed by atoms with Crippen molar-refractivity contribution in [1.29, 1.82) is 0 Å². The molecule has 1 heterocycles. The van der Waals surface area contributed by atoms with Crippen LogP contribution in [0.15, 0.2) is 43.5 Å². The molecule has 1 aromatic heterocycles. The molecule has 0 fully saturated rings. The van der Waals surface area contributed by atoms with E-state index < -0.39 is 5.82 Å². The van der Waals surface area contributed by atoms with Gasteiger partial charge in [0.15, 0.2) is 11.0 Å². The van der Waals surface area contributed by atoms with Crippen molar-refractivity contribution in [3.63, 3.8) is 0 Å². The summed E-state index contributed by atoms with van der Waals surface area (Å²) in [6, 6.07) is 2.81. The molecule has 0 bridgehead atoms. The highest BCUT2D eigenvalue weighted by atomic mass is 35.5. The Morgan fingerprint density at radius 1 is 1.43 bits per heavy atom. The molecule has 1 aromatic rings. The van der Waals surface area contributed by atoms with Crippen molar-refractivity contribution in [3.05, 3.63) is 60.2 Å². The Labute approximate surface area is 87.2 Å². The molecule has 0 N–H and O–H groups in total. The Hall–Kier alpha value is -1.41. The second-order valence-electron chi connectivity index (χ2n) is 2.53. The monoisotopic (exact) mass is 209 g/mol. The van der Waals surface area contributed by atoms with E-state index in [2.05, 4.69) is 18.1 Å². The molecule has 0 spiro atoms. The molecular weight excluding hydrogens is 201 g/mol. The van der Waals surface area contributed by atoms with E-state index >= 15 is 0 Å². The Bertz CT molecular complexity index is 396. The highest BCUT2D eigenvalue weighted by Gasteiger charge is 2.03. The van der Waals surface area contributed by atoms with Gasteiger partial charge in [0.25, 0.3) is 0 Å². The van der Waals surface area contributed by atoms with Crippen molar-refractivity contribution in [2.45, 2.75) is 0 Å². The fourth-order valence-electron chi connectivity index (χ4n) is 0.963. The van der Waals surface area contributed by atoms with Gasteiger partial charge in [-0.3, -0.25) is 0 Å². The van der Waals surface area contributed by atoms with Gasteiger partial charge in [0.2, 0.25) is 0 Å². The van der Waals surface area contributed by atoms with Crippen LogP contribution in [0.1, 0.15) is 5.69 Å². The average molecular weight is 210 g/mol. The topological polar surface area (TPSA) is 12.9 Å². The van der Waals surface area contributed by atoms with Crippen LogP contribution in [-0.4, -0.2) is 4.98 Å². The molecule has 0 unspecified atom stereocenters. The smallest absolute Gasteiger partial charge is 0.165 e. The largest absolute Gasteiger partial charge is 0.233 e. The predicted octanol–water partition coefficient (Wildman–Crippen LogP) is 3.63. The van der Waals surface area contributed by atoms with Crippen LogP contribution >= 0.6 is 11.6 Å². The van der Waals surface area contributed by atoms with Crippen LogP contribution in [0.3, 0.4) is 0 Å². The number of pyridine rings is 1. The van der Waals surface area contributed by atoms with Crippen LogP contribution in [-0.2, 0) is 0 Å². The zero-order valence-corrected chi connectivity index (χ0v) is 8.26. The first-order valence-electron chi connectivity index (χ1n) is 3.96. The first-order valence-corrected chi connectivity index (χ1v) is 4.34. The number of aromatic nitrogens is 1. The van der Waals surface area contributed by atoms with Crippen molar-refractivity contribution in [2.24, 2.45) is 0 Å². The van der Waals surface area contributed by atoms with Crippen molar-refractivity contribution in [3.8, 4) is 0 Å². The molecule has 1 rings (SSSR count). The SMILES string of the molecule is C=C/C=C(\C=C)c1ccc(F)c(Cl)n1. The normalized spacial score (nSPS) is 11.1. The van der Waals surface area contributed by atoms with E-state index in [1.165, 1.54) is 12.1 Å². The van der Waals surface area contributed by atoms with Crippen molar-refractivity contribution < 1.29 is 4.39 Å². The highest BCUT2D eigenvalue weighted by molar-refractivity contribution is 6.29. The third kappa shape index (κ3) is 2.30. The van der Waals surface area contributed by atoms with Crippen molar-refractivity contribution in [1.82, 2.24) is 4.98 Å². The number of hydrogen-bond acceptors (Lipinski definition) is 1. The summed E-state index contributed by atoms with van der Waals surface area (Å²) in [5, 5.41) is -0.140. The molecule has 0 saturated carbocycles. The molecule has 3 heteroatoms. The Morgan fingerprint density at radius 2 is 2.14 bits per heavy atom. The Morgan fingerprint density at radius 3 is 2.64 bits per heavy atom. The summed E-state index contributed by atoms with van der Waals surface area (Å²) in [5.41, 5.74) is 1.33. The van der Waals surface area contributed by atoms with Crippen LogP contribution in [0.4, 0.5) is 4.39 Å². The van der Waals surface area contributed by atoms with Crippen LogP contribution in [0, 0.1) is 5.82 Å². The van der Waals surface area contributed by atoms with E-state index in [1.807, 2.05) is 0 Å². The lowest BCUT2D eigenvalue weighted by atomic mass is 10.1. The third-order valence-corrected chi connectivity index (χ3v) is 1.88. The van der Waals surface area contributed by atoms with Gasteiger partial charge in [-0.2, -0.15) is 0 Å². The second kappa shape index (κ2) is 4.72. The fraction of sp³-hybridized carbons (Fsp3) is 0. The predicted molar refractivity (Wildman–Crippen MR) is 57.6 cm³/mol. The Kier molecular flexibility index (Phi) is 3.60. The number of nitrogens with zero attached hydrogens (tertiary/aromatic N) is 1. The van der Waals surface area contributed by atoms with Gasteiger partial charge in [0.05, 0.1) is 5.69 Å². The lowest BCUT2D eigenvalue weighted by Gasteiger charge is -2.01. The minimum absolute atomic E-state index is 0.140. The molecule has 72 valence electrons. The molecule has 0 atom stereocenters. The van der Waals surface area contributed by atoms with Crippen molar-refractivity contribution >= 4 is 17.2 Å². The molecule has 0 aliphatic rings. The number of hydrogen-bond donors (Lipinski definition) is 0.